The standard InChI is InChI=1S/C23H26N2O2S/c1-14-6-8-17(15(2)10-14)24-22-25-21(23(3,4)5)20(28-22)12-16-7-9-18-19(11-16)27-13-26-18/h6-11H,12-13H2,1-5H3,(H,24,25). The van der Waals surface area contributed by atoms with Crippen molar-refractivity contribution in [2.24, 2.45) is 0 Å². The van der Waals surface area contributed by atoms with Crippen molar-refractivity contribution >= 4 is 22.2 Å². The number of thiazole rings is 1. The zero-order chi connectivity index (χ0) is 19.9. The van der Waals surface area contributed by atoms with Crippen LogP contribution in [0, 0.1) is 13.8 Å². The van der Waals surface area contributed by atoms with Crippen LogP contribution >= 0.6 is 11.3 Å². The maximum atomic E-state index is 5.53. The molecule has 0 fully saturated rings. The van der Waals surface area contributed by atoms with E-state index in [0.29, 0.717) is 6.79 Å². The minimum absolute atomic E-state index is 0.0234. The van der Waals surface area contributed by atoms with Crippen LogP contribution in [0.5, 0.6) is 11.5 Å². The Morgan fingerprint density at radius 1 is 1.04 bits per heavy atom. The summed E-state index contributed by atoms with van der Waals surface area (Å²) in [4.78, 5) is 6.24. The Morgan fingerprint density at radius 2 is 1.82 bits per heavy atom. The van der Waals surface area contributed by atoms with Gasteiger partial charge in [0.1, 0.15) is 0 Å². The fraction of sp³-hybridized carbons (Fsp3) is 0.348. The lowest BCUT2D eigenvalue weighted by molar-refractivity contribution is 0.174. The molecule has 146 valence electrons. The Bertz CT molecular complexity index is 1020. The quantitative estimate of drug-likeness (QED) is 0.579. The number of hydrogen-bond donors (Lipinski definition) is 1. The van der Waals surface area contributed by atoms with Crippen molar-refractivity contribution in [1.82, 2.24) is 4.98 Å². The molecule has 1 aromatic heterocycles. The number of ether oxygens (including phenoxy) is 2. The van der Waals surface area contributed by atoms with Crippen LogP contribution in [-0.4, -0.2) is 11.8 Å². The number of nitrogens with one attached hydrogen (secondary N) is 1. The van der Waals surface area contributed by atoms with Crippen LogP contribution in [0.2, 0.25) is 0 Å². The van der Waals surface area contributed by atoms with Gasteiger partial charge in [0, 0.05) is 22.4 Å². The number of rotatable bonds is 4. The Labute approximate surface area is 170 Å². The summed E-state index contributed by atoms with van der Waals surface area (Å²) in [7, 11) is 0. The first-order valence-corrected chi connectivity index (χ1v) is 10.3. The zero-order valence-electron chi connectivity index (χ0n) is 17.1. The van der Waals surface area contributed by atoms with Gasteiger partial charge in [0.15, 0.2) is 16.6 Å². The van der Waals surface area contributed by atoms with Gasteiger partial charge in [-0.2, -0.15) is 0 Å². The molecule has 0 radical (unpaired) electrons. The maximum absolute atomic E-state index is 5.53. The van der Waals surface area contributed by atoms with Crippen LogP contribution in [0.15, 0.2) is 36.4 Å². The second-order valence-electron chi connectivity index (χ2n) is 8.35. The van der Waals surface area contributed by atoms with E-state index >= 15 is 0 Å². The summed E-state index contributed by atoms with van der Waals surface area (Å²) < 4.78 is 11.0. The number of fused-ring (bicyclic) bond motifs is 1. The van der Waals surface area contributed by atoms with E-state index < -0.39 is 0 Å². The molecule has 5 heteroatoms. The van der Waals surface area contributed by atoms with Crippen LogP contribution in [0.4, 0.5) is 10.8 Å². The summed E-state index contributed by atoms with van der Waals surface area (Å²) in [6, 6.07) is 12.6. The highest BCUT2D eigenvalue weighted by atomic mass is 32.1. The van der Waals surface area contributed by atoms with E-state index in [-0.39, 0.29) is 5.41 Å². The third-order valence-electron chi connectivity index (χ3n) is 4.83. The molecule has 2 aromatic carbocycles. The van der Waals surface area contributed by atoms with Crippen LogP contribution in [-0.2, 0) is 11.8 Å². The van der Waals surface area contributed by atoms with Crippen molar-refractivity contribution in [2.75, 3.05) is 12.1 Å². The molecule has 0 aliphatic carbocycles. The monoisotopic (exact) mass is 394 g/mol. The van der Waals surface area contributed by atoms with Crippen molar-refractivity contribution in [3.8, 4) is 11.5 Å². The van der Waals surface area contributed by atoms with Gasteiger partial charge in [-0.25, -0.2) is 4.98 Å². The predicted octanol–water partition coefficient (Wildman–Crippen LogP) is 6.12. The van der Waals surface area contributed by atoms with Gasteiger partial charge in [0.2, 0.25) is 6.79 Å². The fourth-order valence-electron chi connectivity index (χ4n) is 3.42. The molecule has 1 aliphatic heterocycles. The molecule has 4 rings (SSSR count). The van der Waals surface area contributed by atoms with Crippen molar-refractivity contribution in [3.63, 3.8) is 0 Å². The lowest BCUT2D eigenvalue weighted by Gasteiger charge is -2.17. The van der Waals surface area contributed by atoms with Gasteiger partial charge < -0.3 is 14.8 Å². The molecule has 0 saturated carbocycles. The maximum Gasteiger partial charge on any atom is 0.231 e. The topological polar surface area (TPSA) is 43.4 Å². The highest BCUT2D eigenvalue weighted by Crippen LogP contribution is 2.37. The van der Waals surface area contributed by atoms with E-state index in [9.17, 15) is 0 Å². The van der Waals surface area contributed by atoms with Crippen molar-refractivity contribution < 1.29 is 9.47 Å². The summed E-state index contributed by atoms with van der Waals surface area (Å²) in [5, 5.41) is 4.46. The summed E-state index contributed by atoms with van der Waals surface area (Å²) in [6.07, 6.45) is 0.829. The van der Waals surface area contributed by atoms with Gasteiger partial charge in [-0.05, 0) is 43.2 Å². The molecule has 0 amide bonds. The Morgan fingerprint density at radius 3 is 2.57 bits per heavy atom. The minimum Gasteiger partial charge on any atom is -0.454 e. The molecular formula is C23H26N2O2S. The number of benzene rings is 2. The summed E-state index contributed by atoms with van der Waals surface area (Å²) in [5.74, 6) is 1.65. The molecule has 1 N–H and O–H groups in total. The number of anilines is 2. The second-order valence-corrected chi connectivity index (χ2v) is 9.43. The highest BCUT2D eigenvalue weighted by Gasteiger charge is 2.24. The molecule has 0 spiro atoms. The molecule has 4 nitrogen and oxygen atoms in total. The first-order chi connectivity index (χ1) is 13.3. The third kappa shape index (κ3) is 3.85. The molecule has 0 atom stereocenters. The summed E-state index contributed by atoms with van der Waals surface area (Å²) >= 11 is 1.73. The molecule has 0 unspecified atom stereocenters. The van der Waals surface area contributed by atoms with E-state index in [1.807, 2.05) is 6.07 Å². The van der Waals surface area contributed by atoms with Crippen LogP contribution in [0.1, 0.15) is 48.0 Å². The first kappa shape index (κ1) is 18.8. The van der Waals surface area contributed by atoms with E-state index in [1.54, 1.807) is 11.3 Å². The lowest BCUT2D eigenvalue weighted by atomic mass is 9.90. The van der Waals surface area contributed by atoms with Crippen LogP contribution < -0.4 is 14.8 Å². The summed E-state index contributed by atoms with van der Waals surface area (Å²) in [6.45, 7) is 11.2. The molecule has 2 heterocycles. The number of aryl methyl sites for hydroxylation is 2. The van der Waals surface area contributed by atoms with Crippen molar-refractivity contribution in [1.29, 1.82) is 0 Å². The van der Waals surface area contributed by atoms with Gasteiger partial charge >= 0.3 is 0 Å². The number of nitrogens with zero attached hydrogens (tertiary/aromatic N) is 1. The largest absolute Gasteiger partial charge is 0.454 e. The second kappa shape index (κ2) is 7.13. The molecule has 0 bridgehead atoms. The average Bonchev–Trinajstić information content (AvgIpc) is 3.23. The Kier molecular flexibility index (Phi) is 4.79. The van der Waals surface area contributed by atoms with Gasteiger partial charge in [0.25, 0.3) is 0 Å². The smallest absolute Gasteiger partial charge is 0.231 e. The highest BCUT2D eigenvalue weighted by molar-refractivity contribution is 7.15. The number of aromatic nitrogens is 1. The average molecular weight is 395 g/mol. The molecule has 1 aliphatic rings. The SMILES string of the molecule is Cc1ccc(Nc2nc(C(C)(C)C)c(Cc3ccc4c(c3)OCO4)s2)c(C)c1. The molecule has 0 saturated heterocycles. The summed E-state index contributed by atoms with van der Waals surface area (Å²) in [5.41, 5.74) is 5.92. The van der Waals surface area contributed by atoms with E-state index in [0.717, 1.165) is 34.4 Å². The van der Waals surface area contributed by atoms with Crippen molar-refractivity contribution in [3.05, 3.63) is 63.7 Å². The number of hydrogen-bond acceptors (Lipinski definition) is 5. The van der Waals surface area contributed by atoms with Gasteiger partial charge in [-0.15, -0.1) is 11.3 Å². The molecule has 28 heavy (non-hydrogen) atoms. The van der Waals surface area contributed by atoms with Crippen LogP contribution in [0.25, 0.3) is 0 Å². The zero-order valence-corrected chi connectivity index (χ0v) is 17.9. The lowest BCUT2D eigenvalue weighted by Crippen LogP contribution is -2.14. The fourth-order valence-corrected chi connectivity index (χ4v) is 4.63. The third-order valence-corrected chi connectivity index (χ3v) is 5.80. The Balaban J connectivity index is 1.64. The predicted molar refractivity (Wildman–Crippen MR) is 115 cm³/mol. The Hall–Kier alpha value is -2.53. The van der Waals surface area contributed by atoms with Gasteiger partial charge in [-0.1, -0.05) is 44.5 Å². The molecule has 3 aromatic rings. The van der Waals surface area contributed by atoms with E-state index in [4.69, 9.17) is 14.5 Å². The van der Waals surface area contributed by atoms with E-state index in [1.165, 1.54) is 21.6 Å². The minimum atomic E-state index is -0.0234. The normalized spacial score (nSPS) is 13.0. The van der Waals surface area contributed by atoms with Crippen molar-refractivity contribution in [2.45, 2.75) is 46.5 Å². The first-order valence-electron chi connectivity index (χ1n) is 9.52. The van der Waals surface area contributed by atoms with Gasteiger partial charge in [-0.3, -0.25) is 0 Å². The van der Waals surface area contributed by atoms with Gasteiger partial charge in [0.05, 0.1) is 5.69 Å². The molecular weight excluding hydrogens is 368 g/mol. The van der Waals surface area contributed by atoms with E-state index in [2.05, 4.69) is 70.3 Å². The van der Waals surface area contributed by atoms with Crippen LogP contribution in [0.3, 0.4) is 0 Å².